The summed E-state index contributed by atoms with van der Waals surface area (Å²) >= 11 is 0. The fourth-order valence-electron chi connectivity index (χ4n) is 3.02. The van der Waals surface area contributed by atoms with Gasteiger partial charge in [0.2, 0.25) is 0 Å². The van der Waals surface area contributed by atoms with Crippen LogP contribution in [0.25, 0.3) is 0 Å². The summed E-state index contributed by atoms with van der Waals surface area (Å²) in [5, 5.41) is 29.7. The lowest BCUT2D eigenvalue weighted by Gasteiger charge is -2.35. The van der Waals surface area contributed by atoms with E-state index >= 15 is 0 Å². The standard InChI is InChI=1S/C16H19FN4O3/c1-2-21-13(8-22)19-20-15(21)9-6-10(7-9)18-16(24)11-4-3-5-12(17)14(11)23/h3-5,9-10,22-23H,2,6-8H2,1H3,(H,18,24). The largest absolute Gasteiger partial charge is 0.504 e. The molecule has 0 unspecified atom stereocenters. The highest BCUT2D eigenvalue weighted by molar-refractivity contribution is 5.97. The molecule has 1 saturated carbocycles. The van der Waals surface area contributed by atoms with Gasteiger partial charge in [0.25, 0.3) is 5.91 Å². The number of nitrogens with one attached hydrogen (secondary N) is 1. The number of nitrogens with zero attached hydrogens (tertiary/aromatic N) is 3. The number of benzene rings is 1. The second-order valence-electron chi connectivity index (χ2n) is 5.85. The zero-order valence-corrected chi connectivity index (χ0v) is 13.2. The number of hydrogen-bond donors (Lipinski definition) is 3. The summed E-state index contributed by atoms with van der Waals surface area (Å²) in [6, 6.07) is 3.80. The van der Waals surface area contributed by atoms with Crippen LogP contribution in [0.1, 0.15) is 47.7 Å². The normalized spacial score (nSPS) is 19.8. The summed E-state index contributed by atoms with van der Waals surface area (Å²) in [7, 11) is 0. The average molecular weight is 334 g/mol. The van der Waals surface area contributed by atoms with Gasteiger partial charge >= 0.3 is 0 Å². The summed E-state index contributed by atoms with van der Waals surface area (Å²) in [6.45, 7) is 2.46. The van der Waals surface area contributed by atoms with Crippen LogP contribution in [0.2, 0.25) is 0 Å². The average Bonchev–Trinajstić information content (AvgIpc) is 2.95. The Bertz CT molecular complexity index is 756. The Morgan fingerprint density at radius 2 is 2.17 bits per heavy atom. The van der Waals surface area contributed by atoms with Crippen LogP contribution in [-0.2, 0) is 13.2 Å². The maximum absolute atomic E-state index is 13.3. The van der Waals surface area contributed by atoms with Gasteiger partial charge in [-0.2, -0.15) is 0 Å². The minimum absolute atomic E-state index is 0.0650. The summed E-state index contributed by atoms with van der Waals surface area (Å²) in [6.07, 6.45) is 1.37. The molecule has 3 rings (SSSR count). The Labute approximate surface area is 138 Å². The molecule has 2 aromatic rings. The van der Waals surface area contributed by atoms with E-state index in [2.05, 4.69) is 15.5 Å². The van der Waals surface area contributed by atoms with E-state index in [-0.39, 0.29) is 24.1 Å². The van der Waals surface area contributed by atoms with Crippen LogP contribution < -0.4 is 5.32 Å². The number of carbonyl (C=O) groups is 1. The fraction of sp³-hybridized carbons (Fsp3) is 0.438. The number of carbonyl (C=O) groups excluding carboxylic acids is 1. The number of hydrogen-bond acceptors (Lipinski definition) is 5. The first-order valence-corrected chi connectivity index (χ1v) is 7.86. The predicted molar refractivity (Wildman–Crippen MR) is 82.9 cm³/mol. The maximum Gasteiger partial charge on any atom is 0.255 e. The van der Waals surface area contributed by atoms with Gasteiger partial charge in [0.1, 0.15) is 12.4 Å². The molecule has 1 aromatic carbocycles. The molecule has 0 aliphatic heterocycles. The van der Waals surface area contributed by atoms with E-state index in [0.29, 0.717) is 25.2 Å². The minimum atomic E-state index is -0.818. The van der Waals surface area contributed by atoms with Crippen molar-refractivity contribution < 1.29 is 19.4 Å². The molecule has 1 amide bonds. The number of aromatic nitrogens is 3. The lowest BCUT2D eigenvalue weighted by molar-refractivity contribution is 0.0903. The second kappa shape index (κ2) is 6.56. The van der Waals surface area contributed by atoms with E-state index in [4.69, 9.17) is 0 Å². The van der Waals surface area contributed by atoms with Gasteiger partial charge in [-0.3, -0.25) is 4.79 Å². The fourth-order valence-corrected chi connectivity index (χ4v) is 3.02. The van der Waals surface area contributed by atoms with Gasteiger partial charge in [-0.25, -0.2) is 4.39 Å². The lowest BCUT2D eigenvalue weighted by atomic mass is 9.79. The Balaban J connectivity index is 1.62. The Morgan fingerprint density at radius 1 is 1.42 bits per heavy atom. The number of para-hydroxylation sites is 1. The Morgan fingerprint density at radius 3 is 2.83 bits per heavy atom. The van der Waals surface area contributed by atoms with E-state index in [1.807, 2.05) is 11.5 Å². The van der Waals surface area contributed by atoms with Crippen molar-refractivity contribution in [3.05, 3.63) is 41.2 Å². The quantitative estimate of drug-likeness (QED) is 0.765. The van der Waals surface area contributed by atoms with Crippen molar-refractivity contribution in [2.75, 3.05) is 0 Å². The van der Waals surface area contributed by atoms with E-state index in [1.165, 1.54) is 12.1 Å². The first-order valence-electron chi connectivity index (χ1n) is 7.86. The molecule has 128 valence electrons. The van der Waals surface area contributed by atoms with Crippen LogP contribution >= 0.6 is 0 Å². The van der Waals surface area contributed by atoms with E-state index in [1.54, 1.807) is 0 Å². The first-order chi connectivity index (χ1) is 11.5. The number of aromatic hydroxyl groups is 1. The lowest BCUT2D eigenvalue weighted by Crippen LogP contribution is -2.44. The molecule has 24 heavy (non-hydrogen) atoms. The summed E-state index contributed by atoms with van der Waals surface area (Å²) in [5.74, 6) is -0.455. The molecule has 1 aliphatic carbocycles. The third-order valence-electron chi connectivity index (χ3n) is 4.38. The van der Waals surface area contributed by atoms with Crippen molar-refractivity contribution in [2.45, 2.75) is 44.9 Å². The SMILES string of the molecule is CCn1c(CO)nnc1C1CC(NC(=O)c2cccc(F)c2O)C1. The predicted octanol–water partition coefficient (Wildman–Crippen LogP) is 1.31. The molecule has 7 nitrogen and oxygen atoms in total. The van der Waals surface area contributed by atoms with Crippen molar-refractivity contribution in [2.24, 2.45) is 0 Å². The molecule has 0 radical (unpaired) electrons. The van der Waals surface area contributed by atoms with Gasteiger partial charge in [0.15, 0.2) is 17.4 Å². The van der Waals surface area contributed by atoms with Crippen molar-refractivity contribution in [1.82, 2.24) is 20.1 Å². The highest BCUT2D eigenvalue weighted by Crippen LogP contribution is 2.36. The molecule has 1 fully saturated rings. The van der Waals surface area contributed by atoms with Crippen molar-refractivity contribution in [3.8, 4) is 5.75 Å². The second-order valence-corrected chi connectivity index (χ2v) is 5.85. The number of amides is 1. The van der Waals surface area contributed by atoms with Crippen LogP contribution in [0, 0.1) is 5.82 Å². The van der Waals surface area contributed by atoms with Crippen LogP contribution in [0.3, 0.4) is 0 Å². The minimum Gasteiger partial charge on any atom is -0.504 e. The first kappa shape index (κ1) is 16.4. The van der Waals surface area contributed by atoms with Crippen molar-refractivity contribution in [3.63, 3.8) is 0 Å². The molecule has 3 N–H and O–H groups in total. The Hall–Kier alpha value is -2.48. The molecule has 1 heterocycles. The number of halogens is 1. The smallest absolute Gasteiger partial charge is 0.255 e. The van der Waals surface area contributed by atoms with Gasteiger partial charge in [-0.05, 0) is 31.9 Å². The molecular weight excluding hydrogens is 315 g/mol. The number of phenols is 1. The van der Waals surface area contributed by atoms with E-state index < -0.39 is 17.5 Å². The van der Waals surface area contributed by atoms with Crippen molar-refractivity contribution in [1.29, 1.82) is 0 Å². The molecule has 1 aliphatic rings. The molecule has 0 atom stereocenters. The number of aliphatic hydroxyl groups excluding tert-OH is 1. The zero-order chi connectivity index (χ0) is 17.3. The summed E-state index contributed by atoms with van der Waals surface area (Å²) in [5.41, 5.74) is -0.0715. The van der Waals surface area contributed by atoms with Gasteiger partial charge < -0.3 is 20.1 Å². The van der Waals surface area contributed by atoms with Crippen LogP contribution in [0.4, 0.5) is 4.39 Å². The van der Waals surface area contributed by atoms with Crippen molar-refractivity contribution >= 4 is 5.91 Å². The number of phenolic OH excluding ortho intramolecular Hbond substituents is 1. The molecule has 8 heteroatoms. The highest BCUT2D eigenvalue weighted by atomic mass is 19.1. The van der Waals surface area contributed by atoms with Gasteiger partial charge in [0.05, 0.1) is 5.56 Å². The molecule has 0 saturated heterocycles. The van der Waals surface area contributed by atoms with Crippen LogP contribution in [0.5, 0.6) is 5.75 Å². The zero-order valence-electron chi connectivity index (χ0n) is 13.2. The van der Waals surface area contributed by atoms with Gasteiger partial charge in [-0.15, -0.1) is 10.2 Å². The van der Waals surface area contributed by atoms with Crippen LogP contribution in [0.15, 0.2) is 18.2 Å². The monoisotopic (exact) mass is 334 g/mol. The Kier molecular flexibility index (Phi) is 4.48. The van der Waals surface area contributed by atoms with Gasteiger partial charge in [0, 0.05) is 18.5 Å². The number of rotatable bonds is 5. The molecular formula is C16H19FN4O3. The number of aliphatic hydroxyl groups is 1. The topological polar surface area (TPSA) is 100 Å². The third-order valence-corrected chi connectivity index (χ3v) is 4.38. The highest BCUT2D eigenvalue weighted by Gasteiger charge is 2.35. The van der Waals surface area contributed by atoms with Crippen LogP contribution in [-0.4, -0.2) is 36.9 Å². The molecule has 1 aromatic heterocycles. The molecule has 0 spiro atoms. The van der Waals surface area contributed by atoms with Gasteiger partial charge in [-0.1, -0.05) is 6.07 Å². The third kappa shape index (κ3) is 2.84. The maximum atomic E-state index is 13.3. The van der Waals surface area contributed by atoms with E-state index in [0.717, 1.165) is 11.9 Å². The summed E-state index contributed by atoms with van der Waals surface area (Å²) in [4.78, 5) is 12.1. The van der Waals surface area contributed by atoms with E-state index in [9.17, 15) is 19.4 Å². The summed E-state index contributed by atoms with van der Waals surface area (Å²) < 4.78 is 15.2. The molecule has 0 bridgehead atoms.